The van der Waals surface area contributed by atoms with Crippen molar-refractivity contribution in [2.75, 3.05) is 15.8 Å². The third-order valence-electron chi connectivity index (χ3n) is 4.58. The van der Waals surface area contributed by atoms with Gasteiger partial charge in [-0.1, -0.05) is 11.8 Å². The molecule has 12 heteroatoms. The molecule has 0 saturated carbocycles. The number of thioether (sulfide) groups is 1. The summed E-state index contributed by atoms with van der Waals surface area (Å²) in [5.41, 5.74) is 1.83. The minimum atomic E-state index is -3.85. The predicted molar refractivity (Wildman–Crippen MR) is 131 cm³/mol. The lowest BCUT2D eigenvalue weighted by Crippen LogP contribution is -2.15. The average molecular weight is 511 g/mol. The number of aryl methyl sites for hydroxylation is 1. The lowest BCUT2D eigenvalue weighted by molar-refractivity contribution is 0.102. The topological polar surface area (TPSA) is 127 Å². The quantitative estimate of drug-likeness (QED) is 0.193. The van der Waals surface area contributed by atoms with E-state index in [1.165, 1.54) is 48.8 Å². The van der Waals surface area contributed by atoms with Gasteiger partial charge in [0, 0.05) is 29.8 Å². The van der Waals surface area contributed by atoms with E-state index in [2.05, 4.69) is 30.0 Å². The second-order valence-corrected chi connectivity index (χ2v) is 9.91. The summed E-state index contributed by atoms with van der Waals surface area (Å²) in [5.74, 6) is -0.0172. The molecule has 0 radical (unpaired) electrons. The Morgan fingerprint density at radius 1 is 0.971 bits per heavy atom. The van der Waals surface area contributed by atoms with Crippen molar-refractivity contribution in [1.82, 2.24) is 19.9 Å². The van der Waals surface area contributed by atoms with Crippen LogP contribution in [0, 0.1) is 12.7 Å². The van der Waals surface area contributed by atoms with Crippen LogP contribution in [-0.4, -0.2) is 39.9 Å². The van der Waals surface area contributed by atoms with Gasteiger partial charge in [0.2, 0.25) is 5.95 Å². The molecule has 2 aromatic carbocycles. The van der Waals surface area contributed by atoms with Crippen molar-refractivity contribution < 1.29 is 17.6 Å². The van der Waals surface area contributed by atoms with E-state index in [0.29, 0.717) is 22.2 Å². The number of nitrogens with zero attached hydrogens (tertiary/aromatic N) is 4. The Morgan fingerprint density at radius 3 is 2.34 bits per heavy atom. The van der Waals surface area contributed by atoms with Crippen molar-refractivity contribution in [2.45, 2.75) is 17.0 Å². The van der Waals surface area contributed by atoms with Crippen LogP contribution in [0.5, 0.6) is 0 Å². The van der Waals surface area contributed by atoms with Gasteiger partial charge in [-0.05, 0) is 67.1 Å². The van der Waals surface area contributed by atoms with Crippen LogP contribution in [0.25, 0.3) is 0 Å². The molecule has 0 spiro atoms. The van der Waals surface area contributed by atoms with Crippen molar-refractivity contribution in [3.63, 3.8) is 0 Å². The van der Waals surface area contributed by atoms with Gasteiger partial charge in [0.15, 0.2) is 10.9 Å². The Hall–Kier alpha value is -3.90. The summed E-state index contributed by atoms with van der Waals surface area (Å²) in [5, 5.41) is 3.45. The van der Waals surface area contributed by atoms with Crippen LogP contribution in [0.1, 0.15) is 15.9 Å². The van der Waals surface area contributed by atoms with Gasteiger partial charge in [0.05, 0.1) is 10.6 Å². The van der Waals surface area contributed by atoms with Crippen LogP contribution < -0.4 is 10.0 Å². The standard InChI is InChI=1S/C23H19FN6O3S2/c1-15-12-26-22(27-13-15)30-35(32,33)19-8-6-18(7-9-19)28-21-10-11-25-23(29-21)34-14-20(31)16-2-4-17(24)5-3-16/h2-13H,14H2,1H3,(H,25,28,29)(H,26,27,30). The fraction of sp³-hybridized carbons (Fsp3) is 0.0870. The van der Waals surface area contributed by atoms with Gasteiger partial charge in [-0.25, -0.2) is 37.5 Å². The highest BCUT2D eigenvalue weighted by Gasteiger charge is 2.15. The van der Waals surface area contributed by atoms with E-state index in [9.17, 15) is 17.6 Å². The van der Waals surface area contributed by atoms with Gasteiger partial charge < -0.3 is 5.32 Å². The molecule has 0 saturated heterocycles. The number of benzene rings is 2. The summed E-state index contributed by atoms with van der Waals surface area (Å²) in [7, 11) is -3.85. The molecule has 178 valence electrons. The van der Waals surface area contributed by atoms with Crippen molar-refractivity contribution >= 4 is 45.0 Å². The second-order valence-electron chi connectivity index (χ2n) is 7.28. The minimum Gasteiger partial charge on any atom is -0.340 e. The summed E-state index contributed by atoms with van der Waals surface area (Å²) in [6.07, 6.45) is 4.58. The minimum absolute atomic E-state index is 0.0123. The number of Topliss-reactive ketones (excluding diaryl/α,β-unsaturated/α-hetero) is 1. The lowest BCUT2D eigenvalue weighted by Gasteiger charge is -2.09. The fourth-order valence-corrected chi connectivity index (χ4v) is 4.50. The Balaban J connectivity index is 1.38. The zero-order valence-corrected chi connectivity index (χ0v) is 20.0. The lowest BCUT2D eigenvalue weighted by atomic mass is 10.1. The summed E-state index contributed by atoms with van der Waals surface area (Å²) < 4.78 is 40.5. The molecule has 2 heterocycles. The molecule has 0 amide bonds. The van der Waals surface area contributed by atoms with Gasteiger partial charge in [-0.3, -0.25) is 4.79 Å². The summed E-state index contributed by atoms with van der Waals surface area (Å²) >= 11 is 1.15. The van der Waals surface area contributed by atoms with E-state index in [-0.39, 0.29) is 22.4 Å². The van der Waals surface area contributed by atoms with Gasteiger partial charge >= 0.3 is 0 Å². The largest absolute Gasteiger partial charge is 0.340 e. The van der Waals surface area contributed by atoms with Crippen LogP contribution in [0.2, 0.25) is 0 Å². The maximum absolute atomic E-state index is 13.0. The van der Waals surface area contributed by atoms with E-state index >= 15 is 0 Å². The summed E-state index contributed by atoms with van der Waals surface area (Å²) in [4.78, 5) is 28.7. The van der Waals surface area contributed by atoms with E-state index in [1.807, 2.05) is 0 Å². The molecule has 4 rings (SSSR count). The van der Waals surface area contributed by atoms with Gasteiger partial charge in [0.25, 0.3) is 10.0 Å². The molecule has 0 aliphatic rings. The number of carbonyl (C=O) groups is 1. The van der Waals surface area contributed by atoms with Gasteiger partial charge in [-0.15, -0.1) is 0 Å². The van der Waals surface area contributed by atoms with Gasteiger partial charge in [0.1, 0.15) is 11.6 Å². The average Bonchev–Trinajstić information content (AvgIpc) is 2.85. The molecule has 0 fully saturated rings. The molecule has 2 N–H and O–H groups in total. The Morgan fingerprint density at radius 2 is 1.66 bits per heavy atom. The highest BCUT2D eigenvalue weighted by Crippen LogP contribution is 2.21. The second kappa shape index (κ2) is 10.6. The zero-order valence-electron chi connectivity index (χ0n) is 18.3. The van der Waals surface area contributed by atoms with E-state index in [1.54, 1.807) is 31.3 Å². The highest BCUT2D eigenvalue weighted by molar-refractivity contribution is 7.99. The van der Waals surface area contributed by atoms with E-state index in [4.69, 9.17) is 0 Å². The molecule has 9 nitrogen and oxygen atoms in total. The van der Waals surface area contributed by atoms with E-state index < -0.39 is 15.8 Å². The van der Waals surface area contributed by atoms with Crippen molar-refractivity contribution in [3.05, 3.63) is 90.1 Å². The Labute approximate surface area is 205 Å². The number of rotatable bonds is 9. The number of hydrogen-bond donors (Lipinski definition) is 2. The van der Waals surface area contributed by atoms with Crippen LogP contribution in [0.4, 0.5) is 21.8 Å². The van der Waals surface area contributed by atoms with Crippen LogP contribution >= 0.6 is 11.8 Å². The third kappa shape index (κ3) is 6.58. The number of anilines is 3. The van der Waals surface area contributed by atoms with Crippen LogP contribution in [-0.2, 0) is 10.0 Å². The molecule has 0 atom stereocenters. The number of aromatic nitrogens is 4. The predicted octanol–water partition coefficient (Wildman–Crippen LogP) is 4.23. The first kappa shape index (κ1) is 24.2. The molecule has 0 aliphatic carbocycles. The molecule has 2 aromatic heterocycles. The molecule has 0 bridgehead atoms. The zero-order chi connectivity index (χ0) is 24.8. The number of nitrogens with one attached hydrogen (secondary N) is 2. The Bertz CT molecular complexity index is 1430. The molecule has 35 heavy (non-hydrogen) atoms. The maximum Gasteiger partial charge on any atom is 0.264 e. The summed E-state index contributed by atoms with van der Waals surface area (Å²) in [6.45, 7) is 1.80. The normalized spacial score (nSPS) is 11.1. The maximum atomic E-state index is 13.0. The monoisotopic (exact) mass is 510 g/mol. The highest BCUT2D eigenvalue weighted by atomic mass is 32.2. The Kier molecular flexibility index (Phi) is 7.32. The van der Waals surface area contributed by atoms with Crippen molar-refractivity contribution in [2.24, 2.45) is 0 Å². The third-order valence-corrected chi connectivity index (χ3v) is 6.78. The molecular formula is C23H19FN6O3S2. The fourth-order valence-electron chi connectivity index (χ4n) is 2.82. The first-order chi connectivity index (χ1) is 16.8. The SMILES string of the molecule is Cc1cnc(NS(=O)(=O)c2ccc(Nc3ccnc(SCC(=O)c4ccc(F)cc4)n3)cc2)nc1. The van der Waals surface area contributed by atoms with Crippen LogP contribution in [0.3, 0.4) is 0 Å². The molecule has 0 unspecified atom stereocenters. The first-order valence-electron chi connectivity index (χ1n) is 10.2. The first-order valence-corrected chi connectivity index (χ1v) is 12.7. The molecule has 4 aromatic rings. The van der Waals surface area contributed by atoms with E-state index in [0.717, 1.165) is 17.3 Å². The molecule has 0 aliphatic heterocycles. The summed E-state index contributed by atoms with van der Waals surface area (Å²) in [6, 6.07) is 13.1. The number of hydrogen-bond acceptors (Lipinski definition) is 9. The number of halogens is 1. The van der Waals surface area contributed by atoms with Crippen molar-refractivity contribution in [3.8, 4) is 0 Å². The number of sulfonamides is 1. The van der Waals surface area contributed by atoms with Crippen LogP contribution in [0.15, 0.2) is 83.2 Å². The van der Waals surface area contributed by atoms with Crippen molar-refractivity contribution in [1.29, 1.82) is 0 Å². The molecular weight excluding hydrogens is 491 g/mol. The van der Waals surface area contributed by atoms with Gasteiger partial charge in [-0.2, -0.15) is 0 Å². The number of carbonyl (C=O) groups excluding carboxylic acids is 1. The smallest absolute Gasteiger partial charge is 0.264 e. The number of ketones is 1.